The molecule has 5 heteroatoms. The molecule has 0 bridgehead atoms. The standard InChI is InChI=1S/C15H15NO3S/c17-13(15(6-7-15)14(18)19)16-8-5-10-9-20-12-4-2-1-3-11(10)12/h1-4,9H,5-8H2,(H,16,17)(H,18,19). The van der Waals surface area contributed by atoms with Crippen molar-refractivity contribution in [3.8, 4) is 0 Å². The minimum absolute atomic E-state index is 0.343. The molecule has 4 nitrogen and oxygen atoms in total. The molecular formula is C15H15NO3S. The molecule has 20 heavy (non-hydrogen) atoms. The van der Waals surface area contributed by atoms with E-state index in [0.29, 0.717) is 19.4 Å². The van der Waals surface area contributed by atoms with E-state index >= 15 is 0 Å². The Balaban J connectivity index is 1.61. The molecule has 0 unspecified atom stereocenters. The van der Waals surface area contributed by atoms with Crippen LogP contribution in [-0.4, -0.2) is 23.5 Å². The van der Waals surface area contributed by atoms with Gasteiger partial charge in [0.25, 0.3) is 0 Å². The number of carbonyl (C=O) groups is 2. The molecule has 1 amide bonds. The second-order valence-corrected chi connectivity index (χ2v) is 6.06. The van der Waals surface area contributed by atoms with E-state index < -0.39 is 11.4 Å². The summed E-state index contributed by atoms with van der Waals surface area (Å²) in [7, 11) is 0. The third kappa shape index (κ3) is 2.18. The number of hydrogen-bond acceptors (Lipinski definition) is 3. The minimum atomic E-state index is -1.14. The first-order valence-electron chi connectivity index (χ1n) is 6.60. The second kappa shape index (κ2) is 4.90. The summed E-state index contributed by atoms with van der Waals surface area (Å²) >= 11 is 1.69. The summed E-state index contributed by atoms with van der Waals surface area (Å²) in [5.41, 5.74) is 0.0579. The molecule has 1 saturated carbocycles. The first kappa shape index (κ1) is 13.1. The zero-order chi connectivity index (χ0) is 14.2. The zero-order valence-electron chi connectivity index (χ0n) is 10.9. The molecule has 1 aliphatic carbocycles. The highest BCUT2D eigenvalue weighted by atomic mass is 32.1. The molecule has 0 radical (unpaired) electrons. The Labute approximate surface area is 120 Å². The third-order valence-electron chi connectivity index (χ3n) is 3.84. The highest BCUT2D eigenvalue weighted by molar-refractivity contribution is 7.17. The monoisotopic (exact) mass is 289 g/mol. The Morgan fingerprint density at radius 1 is 1.30 bits per heavy atom. The lowest BCUT2D eigenvalue weighted by molar-refractivity contribution is -0.149. The van der Waals surface area contributed by atoms with Crippen LogP contribution in [0.3, 0.4) is 0 Å². The average Bonchev–Trinajstić information content (AvgIpc) is 3.17. The number of benzene rings is 1. The number of carboxylic acid groups (broad SMARTS) is 1. The number of amides is 1. The number of carboxylic acids is 1. The van der Waals surface area contributed by atoms with Gasteiger partial charge in [-0.05, 0) is 41.7 Å². The highest BCUT2D eigenvalue weighted by Crippen LogP contribution is 2.46. The van der Waals surface area contributed by atoms with E-state index in [1.54, 1.807) is 11.3 Å². The van der Waals surface area contributed by atoms with Crippen LogP contribution >= 0.6 is 11.3 Å². The van der Waals surface area contributed by atoms with Gasteiger partial charge in [-0.25, -0.2) is 0 Å². The van der Waals surface area contributed by atoms with Gasteiger partial charge in [0.15, 0.2) is 0 Å². The summed E-state index contributed by atoms with van der Waals surface area (Å²) in [4.78, 5) is 22.9. The van der Waals surface area contributed by atoms with Gasteiger partial charge in [0, 0.05) is 11.2 Å². The molecule has 0 aliphatic heterocycles. The molecule has 0 atom stereocenters. The van der Waals surface area contributed by atoms with Crippen molar-refractivity contribution in [1.82, 2.24) is 5.32 Å². The summed E-state index contributed by atoms with van der Waals surface area (Å²) in [6, 6.07) is 8.16. The largest absolute Gasteiger partial charge is 0.480 e. The van der Waals surface area contributed by atoms with Gasteiger partial charge in [0.2, 0.25) is 5.91 Å². The summed E-state index contributed by atoms with van der Waals surface area (Å²) in [5.74, 6) is -1.35. The van der Waals surface area contributed by atoms with Crippen molar-refractivity contribution in [3.05, 3.63) is 35.2 Å². The first-order chi connectivity index (χ1) is 9.63. The van der Waals surface area contributed by atoms with Crippen LogP contribution in [0.15, 0.2) is 29.6 Å². The van der Waals surface area contributed by atoms with Gasteiger partial charge < -0.3 is 10.4 Å². The van der Waals surface area contributed by atoms with Crippen LogP contribution in [-0.2, 0) is 16.0 Å². The van der Waals surface area contributed by atoms with Crippen molar-refractivity contribution >= 4 is 33.3 Å². The van der Waals surface area contributed by atoms with Crippen LogP contribution < -0.4 is 5.32 Å². The maximum absolute atomic E-state index is 11.9. The van der Waals surface area contributed by atoms with Crippen molar-refractivity contribution in [2.24, 2.45) is 5.41 Å². The van der Waals surface area contributed by atoms with E-state index in [1.165, 1.54) is 15.6 Å². The van der Waals surface area contributed by atoms with Gasteiger partial charge in [0.05, 0.1) is 0 Å². The lowest BCUT2D eigenvalue weighted by Gasteiger charge is -2.10. The number of hydrogen-bond donors (Lipinski definition) is 2. The molecule has 0 saturated heterocycles. The van der Waals surface area contributed by atoms with Crippen molar-refractivity contribution in [2.75, 3.05) is 6.54 Å². The molecule has 0 spiro atoms. The maximum atomic E-state index is 11.9. The smallest absolute Gasteiger partial charge is 0.319 e. The molecule has 1 fully saturated rings. The van der Waals surface area contributed by atoms with E-state index in [0.717, 1.165) is 6.42 Å². The van der Waals surface area contributed by atoms with Crippen molar-refractivity contribution in [2.45, 2.75) is 19.3 Å². The zero-order valence-corrected chi connectivity index (χ0v) is 11.7. The summed E-state index contributed by atoms with van der Waals surface area (Å²) in [6.07, 6.45) is 1.64. The van der Waals surface area contributed by atoms with Crippen molar-refractivity contribution in [1.29, 1.82) is 0 Å². The van der Waals surface area contributed by atoms with Crippen LogP contribution in [0.4, 0.5) is 0 Å². The molecule has 1 aromatic heterocycles. The minimum Gasteiger partial charge on any atom is -0.480 e. The Bertz CT molecular complexity index is 673. The maximum Gasteiger partial charge on any atom is 0.319 e. The topological polar surface area (TPSA) is 66.4 Å². The predicted molar refractivity (Wildman–Crippen MR) is 77.8 cm³/mol. The first-order valence-corrected chi connectivity index (χ1v) is 7.48. The quantitative estimate of drug-likeness (QED) is 0.831. The molecule has 1 aliphatic rings. The number of rotatable bonds is 5. The van der Waals surface area contributed by atoms with E-state index in [9.17, 15) is 9.59 Å². The number of thiophene rings is 1. The fraction of sp³-hybridized carbons (Fsp3) is 0.333. The van der Waals surface area contributed by atoms with Crippen LogP contribution in [0.5, 0.6) is 0 Å². The van der Waals surface area contributed by atoms with Gasteiger partial charge >= 0.3 is 5.97 Å². The molecule has 1 aromatic carbocycles. The number of carbonyl (C=O) groups excluding carboxylic acids is 1. The second-order valence-electron chi connectivity index (χ2n) is 5.15. The van der Waals surface area contributed by atoms with Gasteiger partial charge in [0.1, 0.15) is 5.41 Å². The Kier molecular flexibility index (Phi) is 3.22. The Hall–Kier alpha value is -1.88. The number of fused-ring (bicyclic) bond motifs is 1. The lowest BCUT2D eigenvalue weighted by Crippen LogP contribution is -2.37. The van der Waals surface area contributed by atoms with E-state index in [-0.39, 0.29) is 5.91 Å². The van der Waals surface area contributed by atoms with Crippen LogP contribution in [0.2, 0.25) is 0 Å². The predicted octanol–water partition coefficient (Wildman–Crippen LogP) is 2.42. The van der Waals surface area contributed by atoms with E-state index in [1.807, 2.05) is 12.1 Å². The van der Waals surface area contributed by atoms with Crippen LogP contribution in [0.1, 0.15) is 18.4 Å². The van der Waals surface area contributed by atoms with Gasteiger partial charge in [-0.2, -0.15) is 0 Å². The Morgan fingerprint density at radius 3 is 2.75 bits per heavy atom. The fourth-order valence-electron chi connectivity index (χ4n) is 2.37. The van der Waals surface area contributed by atoms with Gasteiger partial charge in [-0.1, -0.05) is 18.2 Å². The fourth-order valence-corrected chi connectivity index (χ4v) is 3.37. The molecule has 1 heterocycles. The molecule has 2 N–H and O–H groups in total. The summed E-state index contributed by atoms with van der Waals surface area (Å²) in [6.45, 7) is 0.481. The number of nitrogens with one attached hydrogen (secondary N) is 1. The van der Waals surface area contributed by atoms with Crippen LogP contribution in [0, 0.1) is 5.41 Å². The van der Waals surface area contributed by atoms with Crippen LogP contribution in [0.25, 0.3) is 10.1 Å². The third-order valence-corrected chi connectivity index (χ3v) is 4.85. The molecule has 104 valence electrons. The summed E-state index contributed by atoms with van der Waals surface area (Å²) < 4.78 is 1.23. The van der Waals surface area contributed by atoms with Crippen molar-refractivity contribution in [3.63, 3.8) is 0 Å². The molecule has 2 aromatic rings. The molecule has 3 rings (SSSR count). The Morgan fingerprint density at radius 2 is 2.05 bits per heavy atom. The normalized spacial score (nSPS) is 16.0. The lowest BCUT2D eigenvalue weighted by atomic mass is 10.1. The SMILES string of the molecule is O=C(O)C1(C(=O)NCCc2csc3ccccc23)CC1. The number of aliphatic carboxylic acids is 1. The van der Waals surface area contributed by atoms with E-state index in [2.05, 4.69) is 22.8 Å². The highest BCUT2D eigenvalue weighted by Gasteiger charge is 2.56. The molecular weight excluding hydrogens is 274 g/mol. The van der Waals surface area contributed by atoms with Gasteiger partial charge in [-0.3, -0.25) is 9.59 Å². The van der Waals surface area contributed by atoms with E-state index in [4.69, 9.17) is 5.11 Å². The van der Waals surface area contributed by atoms with Crippen molar-refractivity contribution < 1.29 is 14.7 Å². The van der Waals surface area contributed by atoms with Gasteiger partial charge in [-0.15, -0.1) is 11.3 Å². The summed E-state index contributed by atoms with van der Waals surface area (Å²) in [5, 5.41) is 15.1. The average molecular weight is 289 g/mol.